The summed E-state index contributed by atoms with van der Waals surface area (Å²) < 4.78 is 5.43. The number of fused-ring (bicyclic) bond motifs is 1. The predicted molar refractivity (Wildman–Crippen MR) is 102 cm³/mol. The molecule has 2 aromatic carbocycles. The van der Waals surface area contributed by atoms with E-state index in [1.54, 1.807) is 19.2 Å². The van der Waals surface area contributed by atoms with Gasteiger partial charge in [0.2, 0.25) is 17.6 Å². The molecule has 1 aliphatic rings. The van der Waals surface area contributed by atoms with E-state index in [1.807, 2.05) is 24.3 Å². The summed E-state index contributed by atoms with van der Waals surface area (Å²) in [7, 11) is 1.66. The lowest BCUT2D eigenvalue weighted by molar-refractivity contribution is -0.126. The molecule has 0 saturated heterocycles. The minimum atomic E-state index is -0.272. The van der Waals surface area contributed by atoms with Crippen molar-refractivity contribution in [2.45, 2.75) is 25.6 Å². The van der Waals surface area contributed by atoms with Gasteiger partial charge in [-0.3, -0.25) is 9.69 Å². The van der Waals surface area contributed by atoms with E-state index in [2.05, 4.69) is 32.5 Å². The van der Waals surface area contributed by atoms with Gasteiger partial charge in [0.1, 0.15) is 0 Å². The Morgan fingerprint density at radius 3 is 2.85 bits per heavy atom. The molecule has 0 unspecified atom stereocenters. The second-order valence-electron chi connectivity index (χ2n) is 6.53. The summed E-state index contributed by atoms with van der Waals surface area (Å²) in [5, 5.41) is 7.43. The molecule has 1 amide bonds. The summed E-state index contributed by atoms with van der Waals surface area (Å²) >= 11 is 6.04. The van der Waals surface area contributed by atoms with Crippen LogP contribution in [0.15, 0.2) is 53.1 Å². The molecule has 3 aromatic rings. The molecule has 1 atom stereocenters. The third kappa shape index (κ3) is 3.72. The number of aromatic nitrogens is 2. The van der Waals surface area contributed by atoms with E-state index in [0.29, 0.717) is 36.2 Å². The van der Waals surface area contributed by atoms with Crippen LogP contribution < -0.4 is 5.32 Å². The summed E-state index contributed by atoms with van der Waals surface area (Å²) in [4.78, 5) is 19.0. The van der Waals surface area contributed by atoms with Gasteiger partial charge in [-0.1, -0.05) is 53.2 Å². The van der Waals surface area contributed by atoms with E-state index in [0.717, 1.165) is 5.56 Å². The van der Waals surface area contributed by atoms with E-state index < -0.39 is 0 Å². The fraction of sp³-hybridized carbons (Fsp3) is 0.250. The molecule has 4 rings (SSSR count). The molecular formula is C20H19ClN4O2. The monoisotopic (exact) mass is 382 g/mol. The Labute approximate surface area is 162 Å². The number of hydrogen-bond donors (Lipinski definition) is 1. The van der Waals surface area contributed by atoms with Gasteiger partial charge in [-0.05, 0) is 29.7 Å². The fourth-order valence-corrected chi connectivity index (χ4v) is 3.60. The van der Waals surface area contributed by atoms with Gasteiger partial charge < -0.3 is 9.84 Å². The predicted octanol–water partition coefficient (Wildman–Crippen LogP) is 3.06. The number of carbonyl (C=O) groups is 1. The normalized spacial score (nSPS) is 16.7. The van der Waals surface area contributed by atoms with Crippen molar-refractivity contribution in [2.75, 3.05) is 7.05 Å². The number of halogens is 1. The Morgan fingerprint density at radius 1 is 1.26 bits per heavy atom. The number of nitrogens with zero attached hydrogens (tertiary/aromatic N) is 3. The summed E-state index contributed by atoms with van der Waals surface area (Å²) in [6.45, 7) is 1.06. The maximum Gasteiger partial charge on any atom is 0.241 e. The average molecular weight is 383 g/mol. The smallest absolute Gasteiger partial charge is 0.241 e. The molecule has 1 N–H and O–H groups in total. The maximum atomic E-state index is 12.4. The van der Waals surface area contributed by atoms with E-state index in [4.69, 9.17) is 16.1 Å². The van der Waals surface area contributed by atoms with Crippen LogP contribution in [0, 0.1) is 0 Å². The van der Waals surface area contributed by atoms with E-state index in [-0.39, 0.29) is 11.9 Å². The van der Waals surface area contributed by atoms with Crippen molar-refractivity contribution in [3.63, 3.8) is 0 Å². The standard InChI is InChI=1S/C20H19ClN4O2/c1-22-20(26)17-10-13-5-2-3-6-15(13)11-25(17)12-18-23-19(24-27-18)14-7-4-8-16(21)9-14/h2-9,17H,10-12H2,1H3,(H,22,26)/t17-/m1/s1. The number of amides is 1. The zero-order valence-electron chi connectivity index (χ0n) is 14.9. The average Bonchev–Trinajstić information content (AvgIpc) is 3.15. The van der Waals surface area contributed by atoms with Crippen LogP contribution in [0.4, 0.5) is 0 Å². The molecule has 2 heterocycles. The molecule has 1 aliphatic heterocycles. The van der Waals surface area contributed by atoms with Crippen LogP contribution in [0.3, 0.4) is 0 Å². The first-order chi connectivity index (χ1) is 13.1. The van der Waals surface area contributed by atoms with Crippen molar-refractivity contribution >= 4 is 17.5 Å². The Kier molecular flexibility index (Phi) is 4.92. The highest BCUT2D eigenvalue weighted by molar-refractivity contribution is 6.30. The van der Waals surface area contributed by atoms with Crippen LogP contribution >= 0.6 is 11.6 Å². The van der Waals surface area contributed by atoms with Gasteiger partial charge in [0.15, 0.2) is 0 Å². The second-order valence-corrected chi connectivity index (χ2v) is 6.97. The number of hydrogen-bond acceptors (Lipinski definition) is 5. The van der Waals surface area contributed by atoms with Crippen LogP contribution in [0.1, 0.15) is 17.0 Å². The molecule has 0 bridgehead atoms. The molecule has 6 nitrogen and oxygen atoms in total. The SMILES string of the molecule is CNC(=O)[C@H]1Cc2ccccc2CN1Cc1nc(-c2cccc(Cl)c2)no1. The Balaban J connectivity index is 1.58. The van der Waals surface area contributed by atoms with Crippen molar-refractivity contribution in [1.29, 1.82) is 0 Å². The largest absolute Gasteiger partial charge is 0.358 e. The van der Waals surface area contributed by atoms with Crippen LogP contribution in [-0.4, -0.2) is 34.0 Å². The number of carbonyl (C=O) groups excluding carboxylic acids is 1. The van der Waals surface area contributed by atoms with E-state index in [9.17, 15) is 4.79 Å². The van der Waals surface area contributed by atoms with Gasteiger partial charge in [-0.25, -0.2) is 0 Å². The van der Waals surface area contributed by atoms with Crippen molar-refractivity contribution in [2.24, 2.45) is 0 Å². The quantitative estimate of drug-likeness (QED) is 0.750. The summed E-state index contributed by atoms with van der Waals surface area (Å²) in [5.41, 5.74) is 3.21. The lowest BCUT2D eigenvalue weighted by Gasteiger charge is -2.34. The minimum absolute atomic E-state index is 0.0147. The number of benzene rings is 2. The van der Waals surface area contributed by atoms with Gasteiger partial charge in [0.25, 0.3) is 0 Å². The highest BCUT2D eigenvalue weighted by atomic mass is 35.5. The summed E-state index contributed by atoms with van der Waals surface area (Å²) in [5.74, 6) is 0.943. The van der Waals surface area contributed by atoms with Crippen molar-refractivity contribution in [3.8, 4) is 11.4 Å². The summed E-state index contributed by atoms with van der Waals surface area (Å²) in [6, 6.07) is 15.2. The van der Waals surface area contributed by atoms with Gasteiger partial charge >= 0.3 is 0 Å². The molecule has 0 radical (unpaired) electrons. The van der Waals surface area contributed by atoms with Crippen LogP contribution in [0.5, 0.6) is 0 Å². The highest BCUT2D eigenvalue weighted by Gasteiger charge is 2.32. The first kappa shape index (κ1) is 17.7. The molecular weight excluding hydrogens is 364 g/mol. The highest BCUT2D eigenvalue weighted by Crippen LogP contribution is 2.26. The third-order valence-electron chi connectivity index (χ3n) is 4.78. The number of likely N-dealkylation sites (N-methyl/N-ethyl adjacent to an activating group) is 1. The zero-order chi connectivity index (χ0) is 18.8. The Hall–Kier alpha value is -2.70. The molecule has 138 valence electrons. The van der Waals surface area contributed by atoms with E-state index >= 15 is 0 Å². The van der Waals surface area contributed by atoms with Gasteiger partial charge in [-0.2, -0.15) is 4.98 Å². The van der Waals surface area contributed by atoms with Crippen LogP contribution in [0.25, 0.3) is 11.4 Å². The first-order valence-corrected chi connectivity index (χ1v) is 9.13. The molecule has 27 heavy (non-hydrogen) atoms. The lowest BCUT2D eigenvalue weighted by Crippen LogP contribution is -2.49. The van der Waals surface area contributed by atoms with Crippen molar-refractivity contribution in [1.82, 2.24) is 20.4 Å². The van der Waals surface area contributed by atoms with Gasteiger partial charge in [-0.15, -0.1) is 0 Å². The maximum absolute atomic E-state index is 12.4. The Morgan fingerprint density at radius 2 is 2.07 bits per heavy atom. The molecule has 0 fully saturated rings. The fourth-order valence-electron chi connectivity index (χ4n) is 3.41. The van der Waals surface area contributed by atoms with E-state index in [1.165, 1.54) is 11.1 Å². The number of nitrogens with one attached hydrogen (secondary N) is 1. The van der Waals surface area contributed by atoms with Gasteiger partial charge in [0, 0.05) is 24.2 Å². The van der Waals surface area contributed by atoms with Crippen molar-refractivity contribution < 1.29 is 9.32 Å². The first-order valence-electron chi connectivity index (χ1n) is 8.75. The number of rotatable bonds is 4. The van der Waals surface area contributed by atoms with Crippen LogP contribution in [0.2, 0.25) is 5.02 Å². The van der Waals surface area contributed by atoms with Gasteiger partial charge in [0.05, 0.1) is 12.6 Å². The zero-order valence-corrected chi connectivity index (χ0v) is 15.6. The van der Waals surface area contributed by atoms with Crippen LogP contribution in [-0.2, 0) is 24.3 Å². The lowest BCUT2D eigenvalue weighted by atomic mass is 9.93. The molecule has 7 heteroatoms. The second kappa shape index (κ2) is 7.50. The summed E-state index contributed by atoms with van der Waals surface area (Å²) in [6.07, 6.45) is 0.658. The third-order valence-corrected chi connectivity index (χ3v) is 5.02. The van der Waals surface area contributed by atoms with Crippen molar-refractivity contribution in [3.05, 3.63) is 70.6 Å². The molecule has 0 saturated carbocycles. The topological polar surface area (TPSA) is 71.3 Å². The Bertz CT molecular complexity index is 972. The minimum Gasteiger partial charge on any atom is -0.358 e. The molecule has 0 aliphatic carbocycles. The molecule has 0 spiro atoms. The molecule has 1 aromatic heterocycles.